The maximum atomic E-state index is 11.9. The maximum absolute atomic E-state index is 11.9. The average molecular weight is 323 g/mol. The van der Waals surface area contributed by atoms with Crippen molar-refractivity contribution < 1.29 is 9.52 Å². The Bertz CT molecular complexity index is 637. The van der Waals surface area contributed by atoms with Crippen molar-refractivity contribution in [2.24, 2.45) is 0 Å². The predicted molar refractivity (Wildman–Crippen MR) is 84.1 cm³/mol. The molecule has 0 aliphatic rings. The van der Waals surface area contributed by atoms with Gasteiger partial charge in [-0.2, -0.15) is 4.73 Å². The number of thioether (sulfide) groups is 1. The topological polar surface area (TPSA) is 56.0 Å². The SMILES string of the molecule is CC(NC(=O)CSc1cccc[n+]1[O-])c1cccc(Cl)c1. The van der Waals surface area contributed by atoms with Crippen molar-refractivity contribution in [3.05, 3.63) is 64.5 Å². The van der Waals surface area contributed by atoms with E-state index in [2.05, 4.69) is 5.32 Å². The fourth-order valence-corrected chi connectivity index (χ4v) is 2.73. The number of rotatable bonds is 5. The lowest BCUT2D eigenvalue weighted by Gasteiger charge is -2.14. The molecule has 1 heterocycles. The third-order valence-electron chi connectivity index (χ3n) is 2.87. The van der Waals surface area contributed by atoms with Crippen LogP contribution in [0.15, 0.2) is 53.7 Å². The Balaban J connectivity index is 1.89. The Morgan fingerprint density at radius 2 is 2.19 bits per heavy atom. The molecule has 2 aromatic rings. The molecule has 0 fully saturated rings. The predicted octanol–water partition coefficient (Wildman–Crippen LogP) is 2.94. The quantitative estimate of drug-likeness (QED) is 0.523. The van der Waals surface area contributed by atoms with Crippen LogP contribution in [0.3, 0.4) is 0 Å². The van der Waals surface area contributed by atoms with Gasteiger partial charge in [-0.15, -0.1) is 0 Å². The lowest BCUT2D eigenvalue weighted by molar-refractivity contribution is -0.645. The zero-order valence-electron chi connectivity index (χ0n) is 11.5. The Morgan fingerprint density at radius 3 is 2.90 bits per heavy atom. The van der Waals surface area contributed by atoms with Crippen LogP contribution in [0.4, 0.5) is 0 Å². The summed E-state index contributed by atoms with van der Waals surface area (Å²) in [5.41, 5.74) is 0.944. The molecular weight excluding hydrogens is 308 g/mol. The number of carbonyl (C=O) groups is 1. The van der Waals surface area contributed by atoms with E-state index >= 15 is 0 Å². The number of amides is 1. The van der Waals surface area contributed by atoms with Gasteiger partial charge in [-0.05, 0) is 42.4 Å². The molecule has 0 aliphatic carbocycles. The van der Waals surface area contributed by atoms with Gasteiger partial charge in [-0.1, -0.05) is 23.7 Å². The van der Waals surface area contributed by atoms with Gasteiger partial charge in [0.2, 0.25) is 5.91 Å². The number of nitrogens with zero attached hydrogens (tertiary/aromatic N) is 1. The second-order valence-corrected chi connectivity index (χ2v) is 5.93. The van der Waals surface area contributed by atoms with Crippen LogP contribution < -0.4 is 10.0 Å². The minimum Gasteiger partial charge on any atom is -0.618 e. The van der Waals surface area contributed by atoms with Gasteiger partial charge in [0.25, 0.3) is 5.03 Å². The number of hydrogen-bond acceptors (Lipinski definition) is 3. The molecule has 1 unspecified atom stereocenters. The van der Waals surface area contributed by atoms with Crippen LogP contribution in [-0.4, -0.2) is 11.7 Å². The van der Waals surface area contributed by atoms with Gasteiger partial charge >= 0.3 is 0 Å². The van der Waals surface area contributed by atoms with Crippen LogP contribution in [-0.2, 0) is 4.79 Å². The van der Waals surface area contributed by atoms with Crippen molar-refractivity contribution in [1.29, 1.82) is 0 Å². The Morgan fingerprint density at radius 1 is 1.38 bits per heavy atom. The molecule has 1 amide bonds. The maximum Gasteiger partial charge on any atom is 0.251 e. The highest BCUT2D eigenvalue weighted by atomic mass is 35.5. The van der Waals surface area contributed by atoms with Crippen molar-refractivity contribution in [1.82, 2.24) is 5.32 Å². The molecule has 0 spiro atoms. The van der Waals surface area contributed by atoms with Crippen molar-refractivity contribution in [3.8, 4) is 0 Å². The first-order chi connectivity index (χ1) is 10.1. The molecule has 0 saturated carbocycles. The minimum atomic E-state index is -0.132. The molecule has 1 N–H and O–H groups in total. The number of nitrogens with one attached hydrogen (secondary N) is 1. The Labute approximate surface area is 132 Å². The van der Waals surface area contributed by atoms with E-state index in [9.17, 15) is 10.0 Å². The molecular formula is C15H15ClN2O2S. The van der Waals surface area contributed by atoms with E-state index in [0.29, 0.717) is 10.0 Å². The fourth-order valence-electron chi connectivity index (χ4n) is 1.81. The first kappa shape index (κ1) is 15.7. The van der Waals surface area contributed by atoms with Gasteiger partial charge in [-0.25, -0.2) is 0 Å². The summed E-state index contributed by atoms with van der Waals surface area (Å²) in [4.78, 5) is 11.9. The molecule has 6 heteroatoms. The van der Waals surface area contributed by atoms with Crippen LogP contribution in [0, 0.1) is 5.21 Å². The number of hydrogen-bond donors (Lipinski definition) is 1. The van der Waals surface area contributed by atoms with Crippen LogP contribution >= 0.6 is 23.4 Å². The van der Waals surface area contributed by atoms with E-state index in [4.69, 9.17) is 11.6 Å². The number of benzene rings is 1. The summed E-state index contributed by atoms with van der Waals surface area (Å²) in [7, 11) is 0. The second-order valence-electron chi connectivity index (χ2n) is 4.50. The van der Waals surface area contributed by atoms with Crippen molar-refractivity contribution in [3.63, 3.8) is 0 Å². The van der Waals surface area contributed by atoms with Crippen LogP contribution in [0.2, 0.25) is 5.02 Å². The number of halogens is 1. The molecule has 110 valence electrons. The summed E-state index contributed by atoms with van der Waals surface area (Å²) in [5, 5.41) is 15.5. The van der Waals surface area contributed by atoms with E-state index in [1.165, 1.54) is 18.0 Å². The zero-order valence-corrected chi connectivity index (χ0v) is 13.0. The average Bonchev–Trinajstić information content (AvgIpc) is 2.46. The molecule has 21 heavy (non-hydrogen) atoms. The van der Waals surface area contributed by atoms with Crippen LogP contribution in [0.5, 0.6) is 0 Å². The van der Waals surface area contributed by atoms with Gasteiger partial charge in [0.1, 0.15) is 0 Å². The second kappa shape index (κ2) is 7.33. The molecule has 2 rings (SSSR count). The van der Waals surface area contributed by atoms with Gasteiger partial charge in [0.05, 0.1) is 11.8 Å². The van der Waals surface area contributed by atoms with Gasteiger partial charge in [-0.3, -0.25) is 4.79 Å². The van der Waals surface area contributed by atoms with Gasteiger partial charge < -0.3 is 10.5 Å². The molecule has 1 aromatic heterocycles. The molecule has 0 aliphatic heterocycles. The molecule has 4 nitrogen and oxygen atoms in total. The molecule has 1 atom stereocenters. The standard InChI is InChI=1S/C15H15ClN2O2S/c1-11(12-5-4-6-13(16)9-12)17-14(19)10-21-15-7-2-3-8-18(15)20/h2-9,11H,10H2,1H3,(H,17,19). The van der Waals surface area contributed by atoms with E-state index in [1.54, 1.807) is 24.3 Å². The molecule has 0 bridgehead atoms. The van der Waals surface area contributed by atoms with Gasteiger partial charge in [0, 0.05) is 17.2 Å². The van der Waals surface area contributed by atoms with Crippen molar-refractivity contribution in [2.75, 3.05) is 5.75 Å². The van der Waals surface area contributed by atoms with Crippen LogP contribution in [0.25, 0.3) is 0 Å². The molecule has 1 aromatic carbocycles. The van der Waals surface area contributed by atoms with Crippen molar-refractivity contribution >= 4 is 29.3 Å². The van der Waals surface area contributed by atoms with Crippen LogP contribution in [0.1, 0.15) is 18.5 Å². The summed E-state index contributed by atoms with van der Waals surface area (Å²) in [6.45, 7) is 1.89. The highest BCUT2D eigenvalue weighted by Gasteiger charge is 2.12. The lowest BCUT2D eigenvalue weighted by Crippen LogP contribution is -2.31. The first-order valence-corrected chi connectivity index (χ1v) is 7.78. The Kier molecular flexibility index (Phi) is 5.47. The number of aromatic nitrogens is 1. The summed E-state index contributed by atoms with van der Waals surface area (Å²) < 4.78 is 0.748. The minimum absolute atomic E-state index is 0.128. The third-order valence-corrected chi connectivity index (χ3v) is 4.12. The summed E-state index contributed by atoms with van der Waals surface area (Å²) in [6.07, 6.45) is 1.41. The van der Waals surface area contributed by atoms with Gasteiger partial charge in [0.15, 0.2) is 6.20 Å². The first-order valence-electron chi connectivity index (χ1n) is 6.42. The van der Waals surface area contributed by atoms with E-state index in [0.717, 1.165) is 10.3 Å². The Hall–Kier alpha value is -1.72. The molecule has 0 saturated heterocycles. The fraction of sp³-hybridized carbons (Fsp3) is 0.200. The number of carbonyl (C=O) groups excluding carboxylic acids is 1. The molecule has 0 radical (unpaired) electrons. The zero-order chi connectivity index (χ0) is 15.2. The smallest absolute Gasteiger partial charge is 0.251 e. The number of pyridine rings is 1. The lowest BCUT2D eigenvalue weighted by atomic mass is 10.1. The highest BCUT2D eigenvalue weighted by Crippen LogP contribution is 2.18. The summed E-state index contributed by atoms with van der Waals surface area (Å²) in [5.74, 6) is 0.0632. The van der Waals surface area contributed by atoms with E-state index in [1.807, 2.05) is 25.1 Å². The normalized spacial score (nSPS) is 11.9. The largest absolute Gasteiger partial charge is 0.618 e. The van der Waals surface area contributed by atoms with E-state index < -0.39 is 0 Å². The van der Waals surface area contributed by atoms with Crippen molar-refractivity contribution in [2.45, 2.75) is 18.0 Å². The summed E-state index contributed by atoms with van der Waals surface area (Å²) >= 11 is 7.14. The third kappa shape index (κ3) is 4.65. The highest BCUT2D eigenvalue weighted by molar-refractivity contribution is 7.99. The van der Waals surface area contributed by atoms with E-state index in [-0.39, 0.29) is 17.7 Å². The summed E-state index contributed by atoms with van der Waals surface area (Å²) in [6, 6.07) is 12.3. The monoisotopic (exact) mass is 322 g/mol.